The fourth-order valence-corrected chi connectivity index (χ4v) is 12.7. The Kier molecular flexibility index (Phi) is 22.5. The molecule has 13 aliphatic heterocycles. The molecule has 13 rings (SSSR count). The second kappa shape index (κ2) is 27.9. The molecule has 89 heavy (non-hydrogen) atoms. The molecule has 13 saturated heterocycles. The van der Waals surface area contributed by atoms with Crippen LogP contribution < -0.4 is 0 Å². The predicted molar refractivity (Wildman–Crippen MR) is 298 cm³/mol. The minimum Gasteiger partial charge on any atom is -0.394 e. The zero-order chi connectivity index (χ0) is 66.9. The molecule has 518 valence electrons. The monoisotopic (exact) mass is 1290 g/mol. The van der Waals surface area contributed by atoms with Gasteiger partial charge in [-0.2, -0.15) is 0 Å². The Morgan fingerprint density at radius 3 is 1.21 bits per heavy atom. The van der Waals surface area contributed by atoms with E-state index in [2.05, 4.69) is 11.7 Å². The van der Waals surface area contributed by atoms with Crippen LogP contribution in [0.25, 0.3) is 0 Å². The van der Waals surface area contributed by atoms with Crippen LogP contribution in [0.3, 0.4) is 0 Å². The van der Waals surface area contributed by atoms with Gasteiger partial charge in [-0.25, -0.2) is 0 Å². The van der Waals surface area contributed by atoms with Crippen molar-refractivity contribution in [2.45, 2.75) is 313 Å². The van der Waals surface area contributed by atoms with E-state index in [0.29, 0.717) is 13.2 Å². The number of hydrogen-bond donors (Lipinski definition) is 9. The molecule has 0 aromatic rings. The molecule has 0 amide bonds. The number of hydrogen-bond acceptors (Lipinski definition) is 30. The SMILES string of the molecule is CC1(C)OCC([C@H]2O[C@@H]3OC(C)(C)O[C@H]3C2O)O1.CC1[C@@H](C(O)CO)O[C@@H]2OC(C)(C)O[C@@H]12.CC1[C@@H](C2COC(C)(C)O2)O[C@@H]2OC(C)(C)O[C@@H]12.CC1[C@@H](C=O)O[C@@H]2OC(C)(C)O[C@@H]12.OCC1O[C@H](O)C(O)[C@H](O)[C@@H]1O.[2H][C@H](O)[C@H]1O[C@@H]2OC(C)(C)O[C@H]2C1C. The summed E-state index contributed by atoms with van der Waals surface area (Å²) < 4.78 is 119. The van der Waals surface area contributed by atoms with Gasteiger partial charge in [-0.05, 0) is 96.9 Å². The highest BCUT2D eigenvalue weighted by molar-refractivity contribution is 5.57. The van der Waals surface area contributed by atoms with Gasteiger partial charge in [-0.3, -0.25) is 0 Å². The molecule has 13 heterocycles. The third kappa shape index (κ3) is 17.0. The summed E-state index contributed by atoms with van der Waals surface area (Å²) in [6, 6.07) is 0. The minimum atomic E-state index is -1.57. The summed E-state index contributed by atoms with van der Waals surface area (Å²) in [6.45, 7) is 32.7. The Labute approximate surface area is 521 Å². The van der Waals surface area contributed by atoms with Crippen LogP contribution in [-0.4, -0.2) is 273 Å². The summed E-state index contributed by atoms with van der Waals surface area (Å²) >= 11 is 0. The predicted octanol–water partition coefficient (Wildman–Crippen LogP) is -0.155. The molecule has 13 fully saturated rings. The van der Waals surface area contributed by atoms with E-state index >= 15 is 0 Å². The highest BCUT2D eigenvalue weighted by Crippen LogP contribution is 2.46. The summed E-state index contributed by atoms with van der Waals surface area (Å²) in [5.41, 5.74) is 0. The number of carbonyl (C=O) groups excluding carboxylic acids is 1. The lowest BCUT2D eigenvalue weighted by Crippen LogP contribution is -2.58. The fraction of sp³-hybridized carbons (Fsp3) is 0.983. The molecule has 0 aromatic carbocycles. The second-order valence-electron chi connectivity index (χ2n) is 27.8. The molecule has 0 saturated carbocycles. The van der Waals surface area contributed by atoms with Crippen molar-refractivity contribution in [3.63, 3.8) is 0 Å². The summed E-state index contributed by atoms with van der Waals surface area (Å²) in [6.07, 6.45) is -13.0. The van der Waals surface area contributed by atoms with Crippen LogP contribution in [0.2, 0.25) is 0 Å². The van der Waals surface area contributed by atoms with E-state index in [-0.39, 0.29) is 91.7 Å². The molecule has 0 spiro atoms. The largest absolute Gasteiger partial charge is 0.394 e. The minimum absolute atomic E-state index is 0.0129. The number of fused-ring (bicyclic) bond motifs is 5. The standard InChI is InChI=1S/C13H22O5.C12H20O6.C10H18O5.C9H16O4.C9H14O4.C6H12O6/c1-7-9(8-6-14-12(2,3)16-8)15-11-10(7)17-13(4,5)18-11;1-11(2)14-5-6(16-11)8-7(13)9-10(15-8)18-12(3,4)17-9;1-5-7(6(12)4-11)13-9-8(5)14-10(2,3)15-9;2*1-5-6(4-10)11-8-7(5)12-9(2,3)13-8;7-1-2-3(8)4(9)5(10)6(11)12-2/h7-11H,6H2,1-5H3;6-10,13H,5H2,1-4H3;5-9,11-12H,4H2,1-3H3;5-8,10H,4H2,1-3H3;4-8H,1-3H3;2-11H,1H2/t7?,8?,9-,10-,11+;6?,7?,8-,9+,10-;5?,6?,7-,8-,9+;2*5?,6-,7+,8-;2?,3-,4-,5?,6+/m010111/s1/i;;;4D;;/t;;;4-,5?,6+,7-,8+;;/m...0... The average molecular weight is 1290 g/mol. The highest BCUT2D eigenvalue weighted by atomic mass is 16.9. The molecule has 9 N–H and O–H groups in total. The number of aliphatic hydroxyl groups excluding tert-OH is 9. The van der Waals surface area contributed by atoms with E-state index in [4.69, 9.17) is 127 Å². The molecular weight excluding hydrogens is 1190 g/mol. The van der Waals surface area contributed by atoms with Gasteiger partial charge in [0, 0.05) is 23.7 Å². The smallest absolute Gasteiger partial charge is 0.190 e. The lowest BCUT2D eigenvalue weighted by atomic mass is 9.97. The van der Waals surface area contributed by atoms with Crippen molar-refractivity contribution < 1.29 is 147 Å². The molecule has 30 nitrogen and oxygen atoms in total. The van der Waals surface area contributed by atoms with Gasteiger partial charge >= 0.3 is 0 Å². The summed E-state index contributed by atoms with van der Waals surface area (Å²) in [7, 11) is 0. The van der Waals surface area contributed by atoms with E-state index in [0.717, 1.165) is 6.29 Å². The molecule has 10 unspecified atom stereocenters. The molecule has 0 aromatic heterocycles. The molecule has 0 bridgehead atoms. The third-order valence-electron chi connectivity index (χ3n) is 17.2. The van der Waals surface area contributed by atoms with Crippen LogP contribution in [0.15, 0.2) is 0 Å². The fourth-order valence-electron chi connectivity index (χ4n) is 12.7. The highest BCUT2D eigenvalue weighted by Gasteiger charge is 2.60. The van der Waals surface area contributed by atoms with Gasteiger partial charge in [0.2, 0.25) is 0 Å². The van der Waals surface area contributed by atoms with Gasteiger partial charge in [0.25, 0.3) is 0 Å². The Balaban J connectivity index is 0.000000140. The van der Waals surface area contributed by atoms with Crippen molar-refractivity contribution >= 4 is 6.29 Å². The Hall–Kier alpha value is -1.49. The van der Waals surface area contributed by atoms with Gasteiger partial charge in [0.05, 0.1) is 52.7 Å². The molecule has 29 atom stereocenters. The van der Waals surface area contributed by atoms with Crippen LogP contribution in [0, 0.1) is 23.7 Å². The lowest BCUT2D eigenvalue weighted by molar-refractivity contribution is -0.286. The maximum absolute atomic E-state index is 10.6. The van der Waals surface area contributed by atoms with E-state index in [1.807, 2.05) is 104 Å². The Morgan fingerprint density at radius 1 is 0.416 bits per heavy atom. The number of aldehydes is 1. The van der Waals surface area contributed by atoms with Crippen LogP contribution in [0.4, 0.5) is 0 Å². The molecular formula is C59H102O30. The second-order valence-corrected chi connectivity index (χ2v) is 27.8. The Morgan fingerprint density at radius 2 is 0.820 bits per heavy atom. The summed E-state index contributed by atoms with van der Waals surface area (Å²) in [4.78, 5) is 10.6. The van der Waals surface area contributed by atoms with Crippen molar-refractivity contribution in [2.24, 2.45) is 23.7 Å². The van der Waals surface area contributed by atoms with Gasteiger partial charge in [-0.15, -0.1) is 0 Å². The molecule has 30 heteroatoms. The maximum atomic E-state index is 10.6. The van der Waals surface area contributed by atoms with E-state index < -0.39 is 140 Å². The van der Waals surface area contributed by atoms with Crippen molar-refractivity contribution in [3.8, 4) is 0 Å². The number of ether oxygens (including phenoxy) is 20. The normalized spacial score (nSPS) is 48.8. The van der Waals surface area contributed by atoms with E-state index in [1.165, 1.54) is 0 Å². The van der Waals surface area contributed by atoms with Gasteiger partial charge in [-0.1, -0.05) is 27.7 Å². The van der Waals surface area contributed by atoms with Gasteiger partial charge in [0.15, 0.2) is 78.2 Å². The zero-order valence-electron chi connectivity index (χ0n) is 55.2. The van der Waals surface area contributed by atoms with Gasteiger partial charge < -0.3 is 145 Å². The molecule has 0 radical (unpaired) electrons. The molecule has 13 aliphatic rings. The first-order valence-corrected chi connectivity index (χ1v) is 30.7. The number of rotatable bonds is 7. The quantitative estimate of drug-likeness (QED) is 0.150. The van der Waals surface area contributed by atoms with Crippen LogP contribution in [0.1, 0.15) is 126 Å². The van der Waals surface area contributed by atoms with Crippen LogP contribution in [0.5, 0.6) is 0 Å². The summed E-state index contributed by atoms with van der Waals surface area (Å²) in [5, 5.41) is 82.4. The van der Waals surface area contributed by atoms with E-state index in [1.54, 1.807) is 13.8 Å². The first-order valence-electron chi connectivity index (χ1n) is 31.3. The topological polar surface area (TPSA) is 384 Å². The van der Waals surface area contributed by atoms with Gasteiger partial charge in [0.1, 0.15) is 97.8 Å². The Bertz CT molecular complexity index is 2260. The zero-order valence-corrected chi connectivity index (χ0v) is 54.2. The average Bonchev–Trinajstić information content (AvgIpc) is 1.64. The van der Waals surface area contributed by atoms with Crippen molar-refractivity contribution in [1.29, 1.82) is 0 Å². The third-order valence-corrected chi connectivity index (χ3v) is 17.2. The van der Waals surface area contributed by atoms with Crippen molar-refractivity contribution in [1.82, 2.24) is 0 Å². The lowest BCUT2D eigenvalue weighted by Gasteiger charge is -2.37. The first-order chi connectivity index (χ1) is 41.5. The first kappa shape index (κ1) is 71.8. The maximum Gasteiger partial charge on any atom is 0.190 e. The number of aliphatic hydroxyl groups is 9. The number of carbonyl (C=O) groups is 1. The van der Waals surface area contributed by atoms with Crippen LogP contribution in [-0.2, 0) is 99.5 Å². The van der Waals surface area contributed by atoms with Crippen LogP contribution >= 0.6 is 0 Å². The van der Waals surface area contributed by atoms with Crippen molar-refractivity contribution in [2.75, 3.05) is 33.0 Å². The van der Waals surface area contributed by atoms with Crippen molar-refractivity contribution in [3.05, 3.63) is 0 Å². The molecule has 0 aliphatic carbocycles. The summed E-state index contributed by atoms with van der Waals surface area (Å²) in [5.74, 6) is -3.96. The van der Waals surface area contributed by atoms with E-state index in [9.17, 15) is 15.0 Å².